The van der Waals surface area contributed by atoms with E-state index in [4.69, 9.17) is 0 Å². The molecule has 4 heterocycles. The number of rotatable bonds is 4. The first kappa shape index (κ1) is 19.5. The molecule has 1 aliphatic heterocycles. The first-order valence-corrected chi connectivity index (χ1v) is 11.9. The van der Waals surface area contributed by atoms with Crippen LogP contribution in [0.3, 0.4) is 0 Å². The van der Waals surface area contributed by atoms with Crippen molar-refractivity contribution in [3.63, 3.8) is 0 Å². The van der Waals surface area contributed by atoms with E-state index < -0.39 is 0 Å². The van der Waals surface area contributed by atoms with Crippen molar-refractivity contribution in [3.8, 4) is 6.07 Å². The van der Waals surface area contributed by atoms with E-state index in [0.717, 1.165) is 61.3 Å². The van der Waals surface area contributed by atoms with Gasteiger partial charge in [0.2, 0.25) is 5.13 Å². The number of aromatic nitrogens is 4. The van der Waals surface area contributed by atoms with Crippen molar-refractivity contribution in [3.05, 3.63) is 29.8 Å². The van der Waals surface area contributed by atoms with Crippen molar-refractivity contribution in [2.24, 2.45) is 11.8 Å². The molecule has 2 saturated carbocycles. The summed E-state index contributed by atoms with van der Waals surface area (Å²) in [5, 5.41) is 14.2. The number of nitriles is 1. The molecule has 0 aromatic carbocycles. The van der Waals surface area contributed by atoms with Crippen LogP contribution in [0.1, 0.15) is 43.0 Å². The van der Waals surface area contributed by atoms with Crippen molar-refractivity contribution in [2.45, 2.75) is 37.6 Å². The minimum Gasteiger partial charge on any atom is -0.370 e. The average Bonchev–Trinajstić information content (AvgIpc) is 3.17. The fourth-order valence-electron chi connectivity index (χ4n) is 5.35. The SMILES string of the molecule is CN(c1c(C#N)cnc2[nH]ccc12)[C@@H]1C[C@@H]2CN(C(=O)Nc3nc(C4CC4)ns3)C[C@@H]2C1. The third kappa shape index (κ3) is 3.28. The summed E-state index contributed by atoms with van der Waals surface area (Å²) in [6.07, 6.45) is 7.83. The summed E-state index contributed by atoms with van der Waals surface area (Å²) in [5.74, 6) is 2.31. The second kappa shape index (κ2) is 7.45. The number of carbonyl (C=O) groups is 1. The van der Waals surface area contributed by atoms with E-state index in [1.807, 2.05) is 17.2 Å². The maximum absolute atomic E-state index is 12.8. The number of anilines is 2. The van der Waals surface area contributed by atoms with Crippen LogP contribution in [0.2, 0.25) is 0 Å². The summed E-state index contributed by atoms with van der Waals surface area (Å²) in [6, 6.07) is 4.55. The molecular weight excluding hydrogens is 424 g/mol. The van der Waals surface area contributed by atoms with E-state index in [1.165, 1.54) is 11.5 Å². The van der Waals surface area contributed by atoms with Gasteiger partial charge >= 0.3 is 6.03 Å². The van der Waals surface area contributed by atoms with E-state index in [0.29, 0.717) is 34.5 Å². The van der Waals surface area contributed by atoms with Crippen molar-refractivity contribution >= 4 is 39.4 Å². The average molecular weight is 449 g/mol. The molecule has 0 radical (unpaired) electrons. The second-order valence-electron chi connectivity index (χ2n) is 9.20. The number of likely N-dealkylation sites (tertiary alicyclic amines) is 1. The van der Waals surface area contributed by atoms with Crippen LogP contribution in [0.4, 0.5) is 15.6 Å². The smallest absolute Gasteiger partial charge is 0.323 e. The summed E-state index contributed by atoms with van der Waals surface area (Å²) in [7, 11) is 2.08. The quantitative estimate of drug-likeness (QED) is 0.631. The highest BCUT2D eigenvalue weighted by atomic mass is 32.1. The molecule has 2 amide bonds. The highest BCUT2D eigenvalue weighted by molar-refractivity contribution is 7.09. The van der Waals surface area contributed by atoms with Gasteiger partial charge in [0.05, 0.1) is 11.3 Å². The number of aromatic amines is 1. The molecule has 2 N–H and O–H groups in total. The van der Waals surface area contributed by atoms with E-state index in [-0.39, 0.29) is 6.03 Å². The minimum absolute atomic E-state index is 0.0715. The van der Waals surface area contributed by atoms with Crippen molar-refractivity contribution < 1.29 is 4.79 Å². The molecule has 3 fully saturated rings. The Labute approximate surface area is 189 Å². The van der Waals surface area contributed by atoms with Gasteiger partial charge in [-0.25, -0.2) is 14.8 Å². The maximum atomic E-state index is 12.8. The number of H-pyrrole nitrogens is 1. The number of pyridine rings is 1. The number of fused-ring (bicyclic) bond motifs is 2. The summed E-state index contributed by atoms with van der Waals surface area (Å²) < 4.78 is 4.37. The number of amides is 2. The zero-order chi connectivity index (χ0) is 21.8. The lowest BCUT2D eigenvalue weighted by molar-refractivity contribution is 0.218. The van der Waals surface area contributed by atoms with E-state index in [9.17, 15) is 10.1 Å². The fourth-order valence-corrected chi connectivity index (χ4v) is 5.99. The lowest BCUT2D eigenvalue weighted by Gasteiger charge is -2.29. The van der Waals surface area contributed by atoms with Crippen molar-refractivity contribution in [2.75, 3.05) is 30.4 Å². The minimum atomic E-state index is -0.0715. The number of carbonyl (C=O) groups excluding carboxylic acids is 1. The van der Waals surface area contributed by atoms with E-state index >= 15 is 0 Å². The van der Waals surface area contributed by atoms with Crippen LogP contribution in [-0.2, 0) is 0 Å². The van der Waals surface area contributed by atoms with Gasteiger partial charge in [-0.1, -0.05) is 0 Å². The van der Waals surface area contributed by atoms with Gasteiger partial charge in [0.1, 0.15) is 17.5 Å². The molecule has 0 unspecified atom stereocenters. The molecule has 10 heteroatoms. The largest absolute Gasteiger partial charge is 0.370 e. The Balaban J connectivity index is 1.12. The van der Waals surface area contributed by atoms with Gasteiger partial charge in [0.25, 0.3) is 0 Å². The molecule has 3 aliphatic rings. The van der Waals surface area contributed by atoms with Gasteiger partial charge < -0.3 is 14.8 Å². The van der Waals surface area contributed by atoms with Crippen molar-refractivity contribution in [1.82, 2.24) is 24.2 Å². The third-order valence-electron chi connectivity index (χ3n) is 7.19. The summed E-state index contributed by atoms with van der Waals surface area (Å²) >= 11 is 1.27. The van der Waals surface area contributed by atoms with Crippen LogP contribution < -0.4 is 10.2 Å². The molecule has 6 rings (SSSR count). The van der Waals surface area contributed by atoms with E-state index in [2.05, 4.69) is 42.7 Å². The van der Waals surface area contributed by atoms with Crippen LogP contribution in [0.5, 0.6) is 0 Å². The fraction of sp³-hybridized carbons (Fsp3) is 0.500. The van der Waals surface area contributed by atoms with Crippen LogP contribution in [0, 0.1) is 23.2 Å². The Morgan fingerprint density at radius 1 is 1.34 bits per heavy atom. The summed E-state index contributed by atoms with van der Waals surface area (Å²) in [6.45, 7) is 1.52. The molecule has 164 valence electrons. The molecule has 1 saturated heterocycles. The Kier molecular flexibility index (Phi) is 4.54. The highest BCUT2D eigenvalue weighted by Crippen LogP contribution is 2.43. The van der Waals surface area contributed by atoms with Crippen LogP contribution >= 0.6 is 11.5 Å². The lowest BCUT2D eigenvalue weighted by atomic mass is 10.0. The number of urea groups is 1. The molecule has 2 aliphatic carbocycles. The lowest BCUT2D eigenvalue weighted by Crippen LogP contribution is -2.36. The van der Waals surface area contributed by atoms with Gasteiger partial charge in [0, 0.05) is 61.4 Å². The molecule has 3 atom stereocenters. The monoisotopic (exact) mass is 448 g/mol. The topological polar surface area (TPSA) is 114 Å². The van der Waals surface area contributed by atoms with Crippen LogP contribution in [0.25, 0.3) is 11.0 Å². The number of hydrogen-bond donors (Lipinski definition) is 2. The zero-order valence-electron chi connectivity index (χ0n) is 17.8. The summed E-state index contributed by atoms with van der Waals surface area (Å²) in [5.41, 5.74) is 2.34. The van der Waals surface area contributed by atoms with Gasteiger partial charge in [-0.3, -0.25) is 5.32 Å². The molecule has 0 bridgehead atoms. The first-order chi connectivity index (χ1) is 15.6. The van der Waals surface area contributed by atoms with Gasteiger partial charge in [0.15, 0.2) is 0 Å². The van der Waals surface area contributed by atoms with Gasteiger partial charge in [-0.15, -0.1) is 0 Å². The first-order valence-electron chi connectivity index (χ1n) is 11.1. The standard InChI is InChI=1S/C22H24N8OS/c1-29(18-15(8-23)9-25-20-17(18)4-5-24-20)16-6-13-10-30(11-14(13)7-16)22(31)27-21-26-19(28-32-21)12-2-3-12/h4-5,9,12-14,16H,2-3,6-7,10-11H2,1H3,(H,24,25)(H,26,27,28,31)/t13-,14+,16-. The molecule has 3 aromatic rings. The van der Waals surface area contributed by atoms with Crippen LogP contribution in [-0.4, -0.2) is 56.4 Å². The third-order valence-corrected chi connectivity index (χ3v) is 7.84. The Morgan fingerprint density at radius 2 is 2.12 bits per heavy atom. The number of hydrogen-bond acceptors (Lipinski definition) is 7. The van der Waals surface area contributed by atoms with Crippen LogP contribution in [0.15, 0.2) is 18.5 Å². The van der Waals surface area contributed by atoms with Crippen molar-refractivity contribution in [1.29, 1.82) is 5.26 Å². The molecule has 3 aromatic heterocycles. The van der Waals surface area contributed by atoms with Gasteiger partial charge in [-0.2, -0.15) is 9.64 Å². The molecule has 9 nitrogen and oxygen atoms in total. The zero-order valence-corrected chi connectivity index (χ0v) is 18.6. The predicted molar refractivity (Wildman–Crippen MR) is 122 cm³/mol. The van der Waals surface area contributed by atoms with Gasteiger partial charge in [-0.05, 0) is 43.6 Å². The Morgan fingerprint density at radius 3 is 2.84 bits per heavy atom. The predicted octanol–water partition coefficient (Wildman–Crippen LogP) is 3.54. The number of nitrogens with one attached hydrogen (secondary N) is 2. The molecule has 0 spiro atoms. The Hall–Kier alpha value is -3.19. The maximum Gasteiger partial charge on any atom is 0.323 e. The molecule has 32 heavy (non-hydrogen) atoms. The molecular formula is C22H24N8OS. The number of nitrogens with zero attached hydrogens (tertiary/aromatic N) is 6. The Bertz CT molecular complexity index is 1210. The summed E-state index contributed by atoms with van der Waals surface area (Å²) in [4.78, 5) is 28.9. The van der Waals surface area contributed by atoms with E-state index in [1.54, 1.807) is 6.20 Å². The normalized spacial score (nSPS) is 24.5. The second-order valence-corrected chi connectivity index (χ2v) is 9.95. The highest BCUT2D eigenvalue weighted by Gasteiger charge is 2.44.